The zero-order valence-electron chi connectivity index (χ0n) is 9.88. The summed E-state index contributed by atoms with van der Waals surface area (Å²) in [5.41, 5.74) is 6.91. The number of benzene rings is 2. The number of halogens is 1. The van der Waals surface area contributed by atoms with E-state index in [1.807, 2.05) is 24.3 Å². The number of rotatable bonds is 4. The molecule has 0 heterocycles. The monoisotopic (exact) mass is 322 g/mol. The predicted molar refractivity (Wildman–Crippen MR) is 76.0 cm³/mol. The third-order valence-electron chi connectivity index (χ3n) is 2.51. The normalized spacial score (nSPS) is 10.2. The first-order chi connectivity index (χ1) is 9.06. The van der Waals surface area contributed by atoms with E-state index >= 15 is 0 Å². The number of hydrogen-bond donors (Lipinski definition) is 1. The zero-order chi connectivity index (χ0) is 13.8. The molecule has 0 amide bonds. The average Bonchev–Trinajstić information content (AvgIpc) is 2.39. The summed E-state index contributed by atoms with van der Waals surface area (Å²) in [5.74, 6) is 0.438. The summed E-state index contributed by atoms with van der Waals surface area (Å²) in [6.07, 6.45) is 0. The smallest absolute Gasteiger partial charge is 0.271 e. The van der Waals surface area contributed by atoms with Crippen LogP contribution in [-0.2, 0) is 6.61 Å². The standard InChI is InChI=1S/C13H11BrN2O3/c14-10-3-1-9(2-4-10)8-19-13-6-5-11(16(17)18)7-12(13)15/h1-7H,8,15H2. The molecule has 0 aliphatic carbocycles. The van der Waals surface area contributed by atoms with E-state index in [4.69, 9.17) is 10.5 Å². The molecule has 0 radical (unpaired) electrons. The van der Waals surface area contributed by atoms with Crippen molar-refractivity contribution in [3.05, 3.63) is 62.6 Å². The minimum absolute atomic E-state index is 0.0477. The highest BCUT2D eigenvalue weighted by Gasteiger charge is 2.09. The van der Waals surface area contributed by atoms with Crippen LogP contribution in [-0.4, -0.2) is 4.92 Å². The van der Waals surface area contributed by atoms with E-state index in [0.29, 0.717) is 12.4 Å². The van der Waals surface area contributed by atoms with Crippen LogP contribution in [0.4, 0.5) is 11.4 Å². The van der Waals surface area contributed by atoms with Crippen LogP contribution in [0.5, 0.6) is 5.75 Å². The molecule has 0 fully saturated rings. The molecule has 0 saturated carbocycles. The topological polar surface area (TPSA) is 78.4 Å². The number of hydrogen-bond acceptors (Lipinski definition) is 4. The highest BCUT2D eigenvalue weighted by molar-refractivity contribution is 9.10. The SMILES string of the molecule is Nc1cc([N+](=O)[O-])ccc1OCc1ccc(Br)cc1. The Labute approximate surface area is 118 Å². The summed E-state index contributed by atoms with van der Waals surface area (Å²) in [4.78, 5) is 10.1. The van der Waals surface area contributed by atoms with E-state index in [-0.39, 0.29) is 11.4 Å². The highest BCUT2D eigenvalue weighted by atomic mass is 79.9. The van der Waals surface area contributed by atoms with E-state index in [2.05, 4.69) is 15.9 Å². The first-order valence-electron chi connectivity index (χ1n) is 5.47. The van der Waals surface area contributed by atoms with Crippen molar-refractivity contribution in [2.45, 2.75) is 6.61 Å². The molecule has 2 rings (SSSR count). The number of nitro benzene ring substituents is 1. The first kappa shape index (κ1) is 13.4. The minimum Gasteiger partial charge on any atom is -0.487 e. The van der Waals surface area contributed by atoms with Gasteiger partial charge < -0.3 is 10.5 Å². The molecule has 2 aromatic carbocycles. The molecule has 5 nitrogen and oxygen atoms in total. The van der Waals surface area contributed by atoms with Crippen LogP contribution in [0.3, 0.4) is 0 Å². The Balaban J connectivity index is 2.07. The second kappa shape index (κ2) is 5.71. The summed E-state index contributed by atoms with van der Waals surface area (Å²) >= 11 is 3.35. The Hall–Kier alpha value is -2.08. The van der Waals surface area contributed by atoms with Crippen molar-refractivity contribution >= 4 is 27.3 Å². The minimum atomic E-state index is -0.491. The Morgan fingerprint density at radius 1 is 1.21 bits per heavy atom. The maximum absolute atomic E-state index is 10.6. The molecule has 0 unspecified atom stereocenters. The third-order valence-corrected chi connectivity index (χ3v) is 3.04. The third kappa shape index (κ3) is 3.45. The number of anilines is 1. The molecule has 0 bridgehead atoms. The molecule has 2 N–H and O–H groups in total. The first-order valence-corrected chi connectivity index (χ1v) is 6.27. The van der Waals surface area contributed by atoms with Crippen molar-refractivity contribution < 1.29 is 9.66 Å². The molecule has 0 atom stereocenters. The molecule has 6 heteroatoms. The van der Waals surface area contributed by atoms with E-state index in [9.17, 15) is 10.1 Å². The van der Waals surface area contributed by atoms with Gasteiger partial charge in [-0.15, -0.1) is 0 Å². The maximum Gasteiger partial charge on any atom is 0.271 e. The molecule has 0 aliphatic heterocycles. The molecule has 0 saturated heterocycles. The average molecular weight is 323 g/mol. The molecule has 19 heavy (non-hydrogen) atoms. The Bertz CT molecular complexity index is 599. The van der Waals surface area contributed by atoms with Crippen LogP contribution in [0, 0.1) is 10.1 Å². The number of ether oxygens (including phenoxy) is 1. The van der Waals surface area contributed by atoms with Crippen LogP contribution in [0.15, 0.2) is 46.9 Å². The second-order valence-corrected chi connectivity index (χ2v) is 4.81. The summed E-state index contributed by atoms with van der Waals surface area (Å²) in [6.45, 7) is 0.356. The number of nitrogen functional groups attached to an aromatic ring is 1. The van der Waals surface area contributed by atoms with Gasteiger partial charge in [0.1, 0.15) is 12.4 Å². The largest absolute Gasteiger partial charge is 0.487 e. The summed E-state index contributed by atoms with van der Waals surface area (Å²) in [6, 6.07) is 11.8. The van der Waals surface area contributed by atoms with Gasteiger partial charge in [-0.25, -0.2) is 0 Å². The number of non-ortho nitro benzene ring substituents is 1. The number of nitrogens with two attached hydrogens (primary N) is 1. The van der Waals surface area contributed by atoms with Crippen LogP contribution >= 0.6 is 15.9 Å². The van der Waals surface area contributed by atoms with Gasteiger partial charge >= 0.3 is 0 Å². The predicted octanol–water partition coefficient (Wildman–Crippen LogP) is 3.52. The van der Waals surface area contributed by atoms with Gasteiger partial charge in [0.05, 0.1) is 10.6 Å². The van der Waals surface area contributed by atoms with E-state index in [0.717, 1.165) is 10.0 Å². The molecular weight excluding hydrogens is 312 g/mol. The van der Waals surface area contributed by atoms with Crippen LogP contribution < -0.4 is 10.5 Å². The molecule has 0 spiro atoms. The quantitative estimate of drug-likeness (QED) is 0.530. The lowest BCUT2D eigenvalue weighted by molar-refractivity contribution is -0.384. The number of nitro groups is 1. The van der Waals surface area contributed by atoms with Crippen molar-refractivity contribution in [1.82, 2.24) is 0 Å². The van der Waals surface area contributed by atoms with Gasteiger partial charge in [0.25, 0.3) is 5.69 Å². The highest BCUT2D eigenvalue weighted by Crippen LogP contribution is 2.27. The molecule has 2 aromatic rings. The van der Waals surface area contributed by atoms with Gasteiger partial charge in [-0.3, -0.25) is 10.1 Å². The maximum atomic E-state index is 10.6. The fourth-order valence-corrected chi connectivity index (χ4v) is 1.79. The van der Waals surface area contributed by atoms with Crippen molar-refractivity contribution in [1.29, 1.82) is 0 Å². The lowest BCUT2D eigenvalue weighted by Crippen LogP contribution is -1.99. The van der Waals surface area contributed by atoms with Gasteiger partial charge in [-0.05, 0) is 23.8 Å². The Kier molecular flexibility index (Phi) is 4.01. The molecule has 98 valence electrons. The molecular formula is C13H11BrN2O3. The van der Waals surface area contributed by atoms with Crippen molar-refractivity contribution in [2.75, 3.05) is 5.73 Å². The Morgan fingerprint density at radius 3 is 2.47 bits per heavy atom. The van der Waals surface area contributed by atoms with Gasteiger partial charge in [0.15, 0.2) is 0 Å². The van der Waals surface area contributed by atoms with Crippen molar-refractivity contribution in [3.63, 3.8) is 0 Å². The fourth-order valence-electron chi connectivity index (χ4n) is 1.52. The zero-order valence-corrected chi connectivity index (χ0v) is 11.5. The van der Waals surface area contributed by atoms with Gasteiger partial charge in [0.2, 0.25) is 0 Å². The number of nitrogens with zero attached hydrogens (tertiary/aromatic N) is 1. The van der Waals surface area contributed by atoms with Crippen molar-refractivity contribution in [2.24, 2.45) is 0 Å². The second-order valence-electron chi connectivity index (χ2n) is 3.89. The lowest BCUT2D eigenvalue weighted by Gasteiger charge is -2.08. The van der Waals surface area contributed by atoms with E-state index in [1.54, 1.807) is 0 Å². The summed E-state index contributed by atoms with van der Waals surface area (Å²) in [7, 11) is 0. The summed E-state index contributed by atoms with van der Waals surface area (Å²) in [5, 5.41) is 10.6. The van der Waals surface area contributed by atoms with E-state index in [1.165, 1.54) is 18.2 Å². The van der Waals surface area contributed by atoms with Gasteiger partial charge in [-0.2, -0.15) is 0 Å². The summed E-state index contributed by atoms with van der Waals surface area (Å²) < 4.78 is 6.53. The van der Waals surface area contributed by atoms with Crippen LogP contribution in [0.2, 0.25) is 0 Å². The molecule has 0 aromatic heterocycles. The van der Waals surface area contributed by atoms with Gasteiger partial charge in [0, 0.05) is 16.6 Å². The van der Waals surface area contributed by atoms with Gasteiger partial charge in [-0.1, -0.05) is 28.1 Å². The fraction of sp³-hybridized carbons (Fsp3) is 0.0769. The van der Waals surface area contributed by atoms with Crippen LogP contribution in [0.25, 0.3) is 0 Å². The van der Waals surface area contributed by atoms with E-state index < -0.39 is 4.92 Å². The molecule has 0 aliphatic rings. The van der Waals surface area contributed by atoms with Crippen molar-refractivity contribution in [3.8, 4) is 5.75 Å². The Morgan fingerprint density at radius 2 is 1.89 bits per heavy atom. The van der Waals surface area contributed by atoms with Crippen LogP contribution in [0.1, 0.15) is 5.56 Å². The lowest BCUT2D eigenvalue weighted by atomic mass is 10.2.